The number of carboxylic acids is 1. The normalized spacial score (nSPS) is 12.0. The molecule has 0 amide bonds. The molecule has 1 heterocycles. The molecule has 1 unspecified atom stereocenters. The Labute approximate surface area is 99.9 Å². The van der Waals surface area contributed by atoms with Gasteiger partial charge in [-0.05, 0) is 17.5 Å². The summed E-state index contributed by atoms with van der Waals surface area (Å²) in [7, 11) is 0. The molecule has 1 aromatic rings. The summed E-state index contributed by atoms with van der Waals surface area (Å²) in [6.07, 6.45) is 2.38. The fourth-order valence-corrected chi connectivity index (χ4v) is 1.40. The molecule has 0 saturated carbocycles. The van der Waals surface area contributed by atoms with E-state index in [0.717, 1.165) is 6.20 Å². The molecule has 15 heavy (non-hydrogen) atoms. The van der Waals surface area contributed by atoms with Gasteiger partial charge in [0, 0.05) is 18.1 Å². The van der Waals surface area contributed by atoms with E-state index in [1.54, 1.807) is 13.8 Å². The van der Waals surface area contributed by atoms with Crippen LogP contribution in [0.25, 0.3) is 0 Å². The van der Waals surface area contributed by atoms with Crippen LogP contribution in [0.2, 0.25) is 0 Å². The third-order valence-electron chi connectivity index (χ3n) is 2.06. The van der Waals surface area contributed by atoms with E-state index >= 15 is 0 Å². The zero-order valence-corrected chi connectivity index (χ0v) is 9.03. The second-order valence-electron chi connectivity index (χ2n) is 3.44. The van der Waals surface area contributed by atoms with Crippen LogP contribution in [0.4, 0.5) is 4.39 Å². The molecule has 0 radical (unpaired) electrons. The van der Waals surface area contributed by atoms with E-state index in [0.29, 0.717) is 0 Å². The molecule has 0 N–H and O–H groups in total. The number of pyridine rings is 1. The number of nitrogens with zero attached hydrogens (tertiary/aromatic N) is 1. The van der Waals surface area contributed by atoms with Crippen LogP contribution in [-0.2, 0) is 4.79 Å². The molecule has 0 aliphatic heterocycles. The largest absolute Gasteiger partial charge is 1.00 e. The average Bonchev–Trinajstić information content (AvgIpc) is 2.07. The van der Waals surface area contributed by atoms with E-state index in [2.05, 4.69) is 4.98 Å². The third-order valence-corrected chi connectivity index (χ3v) is 2.06. The molecular formula is C10H11FLiNO2. The maximum Gasteiger partial charge on any atom is 1.00 e. The minimum atomic E-state index is -1.26. The Hall–Kier alpha value is -0.853. The van der Waals surface area contributed by atoms with Crippen LogP contribution in [0.3, 0.4) is 0 Å². The number of hydrogen-bond acceptors (Lipinski definition) is 3. The molecule has 76 valence electrons. The minimum absolute atomic E-state index is 0. The second-order valence-corrected chi connectivity index (χ2v) is 3.44. The molecule has 1 atom stereocenters. The molecule has 1 rings (SSSR count). The van der Waals surface area contributed by atoms with Crippen LogP contribution in [0.5, 0.6) is 0 Å². The Morgan fingerprint density at radius 2 is 2.13 bits per heavy atom. The van der Waals surface area contributed by atoms with Gasteiger partial charge >= 0.3 is 18.9 Å². The van der Waals surface area contributed by atoms with Crippen molar-refractivity contribution in [1.82, 2.24) is 4.98 Å². The topological polar surface area (TPSA) is 53.0 Å². The first-order valence-corrected chi connectivity index (χ1v) is 4.34. The van der Waals surface area contributed by atoms with Crippen molar-refractivity contribution in [3.63, 3.8) is 0 Å². The Kier molecular flexibility index (Phi) is 5.56. The molecule has 5 heteroatoms. The summed E-state index contributed by atoms with van der Waals surface area (Å²) in [6.45, 7) is 3.42. The molecule has 0 saturated heterocycles. The third kappa shape index (κ3) is 3.33. The molecule has 0 aliphatic carbocycles. The number of carbonyl (C=O) groups is 1. The zero-order chi connectivity index (χ0) is 10.7. The number of rotatable bonds is 3. The number of halogens is 1. The molecule has 3 nitrogen and oxygen atoms in total. The van der Waals surface area contributed by atoms with E-state index in [9.17, 15) is 14.3 Å². The van der Waals surface area contributed by atoms with Gasteiger partial charge in [0.1, 0.15) is 5.82 Å². The molecule has 0 aromatic carbocycles. The SMILES string of the molecule is CC(C)C(C(=O)[O-])c1ccncc1F.[Li+]. The Morgan fingerprint density at radius 3 is 2.53 bits per heavy atom. The maximum atomic E-state index is 13.2. The van der Waals surface area contributed by atoms with Gasteiger partial charge in [0.15, 0.2) is 0 Å². The molecule has 1 aromatic heterocycles. The van der Waals surface area contributed by atoms with Gasteiger partial charge in [-0.1, -0.05) is 13.8 Å². The van der Waals surface area contributed by atoms with E-state index < -0.39 is 17.7 Å². The van der Waals surface area contributed by atoms with Crippen molar-refractivity contribution >= 4 is 5.97 Å². The van der Waals surface area contributed by atoms with Gasteiger partial charge in [0.25, 0.3) is 0 Å². The van der Waals surface area contributed by atoms with Gasteiger partial charge in [-0.15, -0.1) is 0 Å². The van der Waals surface area contributed by atoms with Crippen LogP contribution in [0, 0.1) is 11.7 Å². The zero-order valence-electron chi connectivity index (χ0n) is 9.03. The number of aliphatic carboxylic acids is 1. The van der Waals surface area contributed by atoms with Crippen molar-refractivity contribution in [2.75, 3.05) is 0 Å². The minimum Gasteiger partial charge on any atom is -0.549 e. The van der Waals surface area contributed by atoms with Gasteiger partial charge < -0.3 is 9.90 Å². The van der Waals surface area contributed by atoms with E-state index in [1.807, 2.05) is 0 Å². The Balaban J connectivity index is 0.00000196. The van der Waals surface area contributed by atoms with Crippen molar-refractivity contribution in [2.45, 2.75) is 19.8 Å². The monoisotopic (exact) mass is 203 g/mol. The summed E-state index contributed by atoms with van der Waals surface area (Å²) in [4.78, 5) is 14.4. The van der Waals surface area contributed by atoms with Crippen LogP contribution in [0.1, 0.15) is 25.3 Å². The Bertz CT molecular complexity index is 344. The van der Waals surface area contributed by atoms with E-state index in [-0.39, 0.29) is 30.3 Å². The summed E-state index contributed by atoms with van der Waals surface area (Å²) >= 11 is 0. The maximum absolute atomic E-state index is 13.2. The molecule has 0 fully saturated rings. The molecule has 0 spiro atoms. The fraction of sp³-hybridized carbons (Fsp3) is 0.400. The standard InChI is InChI=1S/C10H12FNO2.Li/c1-6(2)9(10(13)14)7-3-4-12-5-8(7)11;/h3-6,9H,1-2H3,(H,13,14);/q;+1/p-1. The van der Waals surface area contributed by atoms with Gasteiger partial charge in [-0.2, -0.15) is 0 Å². The first-order valence-electron chi connectivity index (χ1n) is 4.34. The van der Waals surface area contributed by atoms with Gasteiger partial charge in [0.05, 0.1) is 6.20 Å². The molecular weight excluding hydrogens is 192 g/mol. The number of carboxylic acid groups (broad SMARTS) is 1. The van der Waals surface area contributed by atoms with Crippen molar-refractivity contribution in [2.24, 2.45) is 5.92 Å². The van der Waals surface area contributed by atoms with Gasteiger partial charge in [-0.25, -0.2) is 4.39 Å². The van der Waals surface area contributed by atoms with Gasteiger partial charge in [-0.3, -0.25) is 4.98 Å². The molecule has 0 aliphatic rings. The Morgan fingerprint density at radius 1 is 1.53 bits per heavy atom. The van der Waals surface area contributed by atoms with Crippen molar-refractivity contribution < 1.29 is 33.2 Å². The first kappa shape index (κ1) is 14.1. The van der Waals surface area contributed by atoms with Crippen LogP contribution >= 0.6 is 0 Å². The average molecular weight is 203 g/mol. The quantitative estimate of drug-likeness (QED) is 0.520. The predicted molar refractivity (Wildman–Crippen MR) is 46.8 cm³/mol. The van der Waals surface area contributed by atoms with Crippen LogP contribution < -0.4 is 24.0 Å². The smallest absolute Gasteiger partial charge is 0.549 e. The van der Waals surface area contributed by atoms with Crippen LogP contribution in [-0.4, -0.2) is 11.0 Å². The predicted octanol–water partition coefficient (Wildman–Crippen LogP) is -2.29. The summed E-state index contributed by atoms with van der Waals surface area (Å²) in [6, 6.07) is 1.37. The number of aromatic nitrogens is 1. The number of carbonyl (C=O) groups excluding carboxylic acids is 1. The summed E-state index contributed by atoms with van der Waals surface area (Å²) in [5.74, 6) is -2.99. The van der Waals surface area contributed by atoms with Gasteiger partial charge in [0.2, 0.25) is 0 Å². The van der Waals surface area contributed by atoms with Crippen molar-refractivity contribution in [1.29, 1.82) is 0 Å². The summed E-state index contributed by atoms with van der Waals surface area (Å²) in [5.41, 5.74) is 0.134. The van der Waals surface area contributed by atoms with E-state index in [1.165, 1.54) is 12.3 Å². The summed E-state index contributed by atoms with van der Waals surface area (Å²) in [5, 5.41) is 10.8. The molecule has 0 bridgehead atoms. The van der Waals surface area contributed by atoms with Crippen molar-refractivity contribution in [3.05, 3.63) is 29.8 Å². The summed E-state index contributed by atoms with van der Waals surface area (Å²) < 4.78 is 13.2. The van der Waals surface area contributed by atoms with Crippen LogP contribution in [0.15, 0.2) is 18.5 Å². The number of hydrogen-bond donors (Lipinski definition) is 0. The van der Waals surface area contributed by atoms with Crippen molar-refractivity contribution in [3.8, 4) is 0 Å². The van der Waals surface area contributed by atoms with E-state index in [4.69, 9.17) is 0 Å². The second kappa shape index (κ2) is 5.89. The fourth-order valence-electron chi connectivity index (χ4n) is 1.40. The first-order chi connectivity index (χ1) is 6.54.